The summed E-state index contributed by atoms with van der Waals surface area (Å²) in [5.74, 6) is 0.627. The van der Waals surface area contributed by atoms with E-state index >= 15 is 0 Å². The first kappa shape index (κ1) is 12.2. The molecule has 0 saturated heterocycles. The number of hydrogen-bond acceptors (Lipinski definition) is 2. The van der Waals surface area contributed by atoms with Crippen molar-refractivity contribution in [2.45, 2.75) is 38.0 Å². The predicted octanol–water partition coefficient (Wildman–Crippen LogP) is 3.95. The minimum atomic E-state index is -0.0166. The Hall–Kier alpha value is -1.83. The Bertz CT molecular complexity index is 655. The Morgan fingerprint density at radius 3 is 2.53 bits per heavy atom. The number of hydrogen-bond donors (Lipinski definition) is 1. The Labute approximate surface area is 112 Å². The summed E-state index contributed by atoms with van der Waals surface area (Å²) in [6.07, 6.45) is 5.79. The van der Waals surface area contributed by atoms with Gasteiger partial charge in [0, 0.05) is 10.9 Å². The van der Waals surface area contributed by atoms with E-state index < -0.39 is 0 Å². The molecule has 0 radical (unpaired) electrons. The molecule has 3 rings (SSSR count). The van der Waals surface area contributed by atoms with Crippen molar-refractivity contribution in [3.63, 3.8) is 0 Å². The number of rotatable bonds is 1. The lowest BCUT2D eigenvalue weighted by Gasteiger charge is -2.22. The topological polar surface area (TPSA) is 37.3 Å². The van der Waals surface area contributed by atoms with Crippen LogP contribution >= 0.6 is 0 Å². The second-order valence-corrected chi connectivity index (χ2v) is 5.42. The minimum absolute atomic E-state index is 0.0166. The monoisotopic (exact) mass is 254 g/mol. The van der Waals surface area contributed by atoms with Gasteiger partial charge < -0.3 is 5.11 Å². The predicted molar refractivity (Wildman–Crippen MR) is 77.7 cm³/mol. The highest BCUT2D eigenvalue weighted by Gasteiger charge is 2.19. The van der Waals surface area contributed by atoms with Gasteiger partial charge in [0.2, 0.25) is 0 Å². The third-order valence-corrected chi connectivity index (χ3v) is 4.13. The number of fused-ring (bicyclic) bond motifs is 1. The molecule has 19 heavy (non-hydrogen) atoms. The maximum absolute atomic E-state index is 12.0. The minimum Gasteiger partial charge on any atom is -0.507 e. The van der Waals surface area contributed by atoms with E-state index in [2.05, 4.69) is 0 Å². The summed E-state index contributed by atoms with van der Waals surface area (Å²) in [6.45, 7) is 0. The van der Waals surface area contributed by atoms with Gasteiger partial charge >= 0.3 is 0 Å². The molecular weight excluding hydrogens is 236 g/mol. The standard InChI is InChI=1S/C17H18O2/c18-14-10-13-8-4-5-9-15(13)17(19)16(11-14)12-6-2-1-3-7-12/h4-5,8-12,19H,1-3,6-7H2. The second-order valence-electron chi connectivity index (χ2n) is 5.42. The van der Waals surface area contributed by atoms with Gasteiger partial charge in [-0.25, -0.2) is 0 Å². The molecule has 1 N–H and O–H groups in total. The highest BCUT2D eigenvalue weighted by atomic mass is 16.3. The largest absolute Gasteiger partial charge is 0.507 e. The molecule has 98 valence electrons. The summed E-state index contributed by atoms with van der Waals surface area (Å²) < 4.78 is 0. The van der Waals surface area contributed by atoms with Crippen molar-refractivity contribution in [2.75, 3.05) is 0 Å². The van der Waals surface area contributed by atoms with Gasteiger partial charge in [0.25, 0.3) is 0 Å². The smallest absolute Gasteiger partial charge is 0.179 e. The molecule has 1 aliphatic rings. The van der Waals surface area contributed by atoms with E-state index in [1.807, 2.05) is 24.3 Å². The lowest BCUT2D eigenvalue weighted by atomic mass is 9.84. The quantitative estimate of drug-likeness (QED) is 0.836. The van der Waals surface area contributed by atoms with Crippen molar-refractivity contribution in [3.8, 4) is 5.75 Å². The number of aromatic hydroxyl groups is 1. The Balaban J connectivity index is 2.24. The van der Waals surface area contributed by atoms with Crippen molar-refractivity contribution in [2.24, 2.45) is 0 Å². The molecule has 1 fully saturated rings. The summed E-state index contributed by atoms with van der Waals surface area (Å²) in [5.41, 5.74) is 0.822. The molecule has 0 bridgehead atoms. The van der Waals surface area contributed by atoms with Gasteiger partial charge in [-0.2, -0.15) is 0 Å². The Morgan fingerprint density at radius 1 is 1.00 bits per heavy atom. The van der Waals surface area contributed by atoms with Crippen LogP contribution in [-0.2, 0) is 0 Å². The van der Waals surface area contributed by atoms with E-state index in [1.165, 1.54) is 19.3 Å². The summed E-state index contributed by atoms with van der Waals surface area (Å²) in [5, 5.41) is 12.1. The Morgan fingerprint density at radius 2 is 1.74 bits per heavy atom. The van der Waals surface area contributed by atoms with Crippen molar-refractivity contribution >= 4 is 10.8 Å². The maximum atomic E-state index is 12.0. The molecule has 1 saturated carbocycles. The second kappa shape index (κ2) is 5.04. The summed E-state index contributed by atoms with van der Waals surface area (Å²) in [4.78, 5) is 12.0. The highest BCUT2D eigenvalue weighted by molar-refractivity contribution is 5.88. The molecule has 0 amide bonds. The van der Waals surface area contributed by atoms with Crippen LogP contribution in [0.4, 0.5) is 0 Å². The molecule has 0 aromatic heterocycles. The van der Waals surface area contributed by atoms with Crippen molar-refractivity contribution in [1.82, 2.24) is 0 Å². The van der Waals surface area contributed by atoms with Gasteiger partial charge in [-0.15, -0.1) is 0 Å². The van der Waals surface area contributed by atoms with E-state index in [0.29, 0.717) is 11.7 Å². The van der Waals surface area contributed by atoms with Crippen LogP contribution in [0.1, 0.15) is 43.6 Å². The van der Waals surface area contributed by atoms with Crippen LogP contribution in [0.15, 0.2) is 41.2 Å². The van der Waals surface area contributed by atoms with Gasteiger partial charge in [-0.05, 0) is 36.3 Å². The first-order valence-corrected chi connectivity index (χ1v) is 7.01. The normalized spacial score (nSPS) is 16.6. The molecular formula is C17H18O2. The van der Waals surface area contributed by atoms with E-state index in [-0.39, 0.29) is 5.43 Å². The van der Waals surface area contributed by atoms with E-state index in [1.54, 1.807) is 12.1 Å². The SMILES string of the molecule is O=c1cc(C2CCCCC2)c(O)c2ccccc2c1. The van der Waals surface area contributed by atoms with Crippen LogP contribution in [0.3, 0.4) is 0 Å². The zero-order valence-corrected chi connectivity index (χ0v) is 10.9. The first-order chi connectivity index (χ1) is 9.25. The van der Waals surface area contributed by atoms with Gasteiger partial charge in [-0.3, -0.25) is 4.79 Å². The van der Waals surface area contributed by atoms with Crippen LogP contribution in [0.25, 0.3) is 10.8 Å². The molecule has 2 heteroatoms. The van der Waals surface area contributed by atoms with Crippen LogP contribution < -0.4 is 5.43 Å². The molecule has 2 nitrogen and oxygen atoms in total. The van der Waals surface area contributed by atoms with Crippen molar-refractivity contribution < 1.29 is 5.11 Å². The highest BCUT2D eigenvalue weighted by Crippen LogP contribution is 2.38. The lowest BCUT2D eigenvalue weighted by molar-refractivity contribution is 0.417. The maximum Gasteiger partial charge on any atom is 0.179 e. The number of benzene rings is 1. The molecule has 0 heterocycles. The van der Waals surface area contributed by atoms with Crippen LogP contribution in [0, 0.1) is 0 Å². The van der Waals surface area contributed by atoms with Gasteiger partial charge in [0.1, 0.15) is 5.75 Å². The molecule has 0 atom stereocenters. The van der Waals surface area contributed by atoms with E-state index in [9.17, 15) is 9.90 Å². The van der Waals surface area contributed by atoms with Crippen molar-refractivity contribution in [1.29, 1.82) is 0 Å². The average molecular weight is 254 g/mol. The third-order valence-electron chi connectivity index (χ3n) is 4.13. The summed E-state index contributed by atoms with van der Waals surface area (Å²) in [7, 11) is 0. The van der Waals surface area contributed by atoms with Crippen molar-refractivity contribution in [3.05, 3.63) is 52.2 Å². The molecule has 0 aliphatic heterocycles. The third kappa shape index (κ3) is 2.35. The fourth-order valence-electron chi connectivity index (χ4n) is 3.14. The zero-order valence-electron chi connectivity index (χ0n) is 10.9. The van der Waals surface area contributed by atoms with Crippen LogP contribution in [0.2, 0.25) is 0 Å². The lowest BCUT2D eigenvalue weighted by Crippen LogP contribution is -2.06. The van der Waals surface area contributed by atoms with Crippen LogP contribution in [0.5, 0.6) is 5.75 Å². The molecule has 1 aliphatic carbocycles. The fraction of sp³-hybridized carbons (Fsp3) is 0.353. The van der Waals surface area contributed by atoms with Gasteiger partial charge in [0.05, 0.1) is 0 Å². The zero-order chi connectivity index (χ0) is 13.2. The van der Waals surface area contributed by atoms with Gasteiger partial charge in [0.15, 0.2) is 5.43 Å². The first-order valence-electron chi connectivity index (χ1n) is 7.01. The Kier molecular flexibility index (Phi) is 3.24. The molecule has 2 aromatic rings. The van der Waals surface area contributed by atoms with Gasteiger partial charge in [-0.1, -0.05) is 43.5 Å². The summed E-state index contributed by atoms with van der Waals surface area (Å²) >= 11 is 0. The van der Waals surface area contributed by atoms with E-state index in [4.69, 9.17) is 0 Å². The fourth-order valence-corrected chi connectivity index (χ4v) is 3.14. The average Bonchev–Trinajstić information content (AvgIpc) is 2.57. The molecule has 0 spiro atoms. The molecule has 0 unspecified atom stereocenters. The molecule has 2 aromatic carbocycles. The summed E-state index contributed by atoms with van der Waals surface area (Å²) in [6, 6.07) is 10.8. The van der Waals surface area contributed by atoms with Crippen LogP contribution in [-0.4, -0.2) is 5.11 Å². The van der Waals surface area contributed by atoms with E-state index in [0.717, 1.165) is 29.2 Å².